The number of nitrogens with zero attached hydrogens (tertiary/aromatic N) is 3. The van der Waals surface area contributed by atoms with E-state index in [4.69, 9.17) is 0 Å². The number of hydrogen-bond donors (Lipinski definition) is 0. The van der Waals surface area contributed by atoms with Crippen LogP contribution in [0.4, 0.5) is 5.69 Å². The number of carbonyl (C=O) groups is 2. The van der Waals surface area contributed by atoms with Gasteiger partial charge in [0.2, 0.25) is 11.8 Å². The summed E-state index contributed by atoms with van der Waals surface area (Å²) >= 11 is 1.40. The van der Waals surface area contributed by atoms with Gasteiger partial charge in [0.15, 0.2) is 0 Å². The van der Waals surface area contributed by atoms with Gasteiger partial charge in [-0.05, 0) is 18.4 Å². The van der Waals surface area contributed by atoms with E-state index in [2.05, 4.69) is 0 Å². The van der Waals surface area contributed by atoms with Gasteiger partial charge in [0, 0.05) is 25.2 Å². The molecule has 0 spiro atoms. The molecule has 2 amide bonds. The van der Waals surface area contributed by atoms with Gasteiger partial charge in [-0.2, -0.15) is 0 Å². The van der Waals surface area contributed by atoms with E-state index >= 15 is 0 Å². The monoisotopic (exact) mass is 335 g/mol. The third-order valence-electron chi connectivity index (χ3n) is 4.10. The van der Waals surface area contributed by atoms with Gasteiger partial charge in [-0.15, -0.1) is 11.8 Å². The fraction of sp³-hybridized carbons (Fsp3) is 0.467. The molecule has 3 rings (SSSR count). The summed E-state index contributed by atoms with van der Waals surface area (Å²) in [4.78, 5) is 38.2. The quantitative estimate of drug-likeness (QED) is 0.619. The minimum atomic E-state index is -0.454. The molecule has 2 heterocycles. The Labute approximate surface area is 137 Å². The predicted molar refractivity (Wildman–Crippen MR) is 85.8 cm³/mol. The third-order valence-corrected chi connectivity index (χ3v) is 5.35. The van der Waals surface area contributed by atoms with Gasteiger partial charge < -0.3 is 9.80 Å². The molecule has 7 nitrogen and oxygen atoms in total. The Hall–Kier alpha value is -2.09. The van der Waals surface area contributed by atoms with Crippen molar-refractivity contribution in [2.45, 2.75) is 18.2 Å². The summed E-state index contributed by atoms with van der Waals surface area (Å²) < 4.78 is 0. The van der Waals surface area contributed by atoms with E-state index in [1.165, 1.54) is 28.8 Å². The van der Waals surface area contributed by atoms with Crippen LogP contribution in [0, 0.1) is 10.1 Å². The fourth-order valence-electron chi connectivity index (χ4n) is 2.91. The first kappa shape index (κ1) is 15.8. The number of benzene rings is 1. The summed E-state index contributed by atoms with van der Waals surface area (Å²) in [6.07, 6.45) is 2.01. The number of thioether (sulfide) groups is 1. The van der Waals surface area contributed by atoms with Crippen LogP contribution in [-0.4, -0.2) is 51.9 Å². The van der Waals surface area contributed by atoms with Crippen LogP contribution in [0.25, 0.3) is 0 Å². The van der Waals surface area contributed by atoms with Crippen LogP contribution in [-0.2, 0) is 9.59 Å². The van der Waals surface area contributed by atoms with Crippen LogP contribution in [0.15, 0.2) is 24.3 Å². The Balaban J connectivity index is 1.78. The zero-order chi connectivity index (χ0) is 16.4. The molecule has 8 heteroatoms. The number of nitro groups is 1. The highest BCUT2D eigenvalue weighted by molar-refractivity contribution is 8.00. The maximum Gasteiger partial charge on any atom is 0.269 e. The lowest BCUT2D eigenvalue weighted by molar-refractivity contribution is -0.384. The smallest absolute Gasteiger partial charge is 0.269 e. The van der Waals surface area contributed by atoms with E-state index in [9.17, 15) is 19.7 Å². The van der Waals surface area contributed by atoms with Crippen molar-refractivity contribution >= 4 is 29.3 Å². The zero-order valence-corrected chi connectivity index (χ0v) is 13.3. The van der Waals surface area contributed by atoms with Gasteiger partial charge in [0.25, 0.3) is 5.69 Å². The van der Waals surface area contributed by atoms with E-state index < -0.39 is 4.92 Å². The minimum absolute atomic E-state index is 0.00623. The van der Waals surface area contributed by atoms with Crippen molar-refractivity contribution in [1.82, 2.24) is 9.80 Å². The Bertz CT molecular complexity index is 645. The summed E-state index contributed by atoms with van der Waals surface area (Å²) in [5.41, 5.74) is 0.678. The minimum Gasteiger partial charge on any atom is -0.341 e. The third kappa shape index (κ3) is 3.31. The zero-order valence-electron chi connectivity index (χ0n) is 12.5. The molecular formula is C15H17N3O4S. The van der Waals surface area contributed by atoms with Crippen LogP contribution < -0.4 is 0 Å². The normalized spacial score (nSPS) is 21.0. The molecule has 0 aliphatic carbocycles. The van der Waals surface area contributed by atoms with E-state index in [-0.39, 0.29) is 29.4 Å². The van der Waals surface area contributed by atoms with Crippen molar-refractivity contribution < 1.29 is 14.5 Å². The SMILES string of the molecule is O=C(CN1C(=O)CS[C@@H]1c1cccc([N+](=O)[O-])c1)N1CCCC1. The number of amides is 2. The Morgan fingerprint density at radius 3 is 2.78 bits per heavy atom. The lowest BCUT2D eigenvalue weighted by Gasteiger charge is -2.26. The first-order valence-electron chi connectivity index (χ1n) is 7.49. The first-order chi connectivity index (χ1) is 11.1. The molecule has 0 aromatic heterocycles. The van der Waals surface area contributed by atoms with E-state index in [0.717, 1.165) is 25.9 Å². The highest BCUT2D eigenvalue weighted by atomic mass is 32.2. The number of nitro benzene ring substituents is 1. The van der Waals surface area contributed by atoms with Gasteiger partial charge in [-0.3, -0.25) is 19.7 Å². The number of likely N-dealkylation sites (tertiary alicyclic amines) is 1. The van der Waals surface area contributed by atoms with Crippen LogP contribution in [0.1, 0.15) is 23.8 Å². The molecule has 2 aliphatic rings. The van der Waals surface area contributed by atoms with E-state index in [0.29, 0.717) is 11.3 Å². The molecule has 0 bridgehead atoms. The highest BCUT2D eigenvalue weighted by Crippen LogP contribution is 2.39. The molecule has 2 aliphatic heterocycles. The standard InChI is InChI=1S/C15H17N3O4S/c19-13(16-6-1-2-7-16)9-17-14(20)10-23-15(17)11-4-3-5-12(8-11)18(21)22/h3-5,8,15H,1-2,6-7,9-10H2/t15-/m1/s1. The number of hydrogen-bond acceptors (Lipinski definition) is 5. The molecule has 0 radical (unpaired) electrons. The summed E-state index contributed by atoms with van der Waals surface area (Å²) in [5.74, 6) is 0.147. The van der Waals surface area contributed by atoms with Gasteiger partial charge in [-0.1, -0.05) is 12.1 Å². The van der Waals surface area contributed by atoms with Crippen molar-refractivity contribution in [3.8, 4) is 0 Å². The van der Waals surface area contributed by atoms with Crippen LogP contribution in [0.2, 0.25) is 0 Å². The molecule has 1 aromatic carbocycles. The van der Waals surface area contributed by atoms with Crippen molar-refractivity contribution in [2.75, 3.05) is 25.4 Å². The second-order valence-corrected chi connectivity index (χ2v) is 6.69. The summed E-state index contributed by atoms with van der Waals surface area (Å²) in [7, 11) is 0. The van der Waals surface area contributed by atoms with Gasteiger partial charge in [0.1, 0.15) is 11.9 Å². The molecule has 2 saturated heterocycles. The average molecular weight is 335 g/mol. The Morgan fingerprint density at radius 1 is 1.35 bits per heavy atom. The molecule has 0 unspecified atom stereocenters. The van der Waals surface area contributed by atoms with Crippen LogP contribution >= 0.6 is 11.8 Å². The topological polar surface area (TPSA) is 83.8 Å². The van der Waals surface area contributed by atoms with Crippen molar-refractivity contribution in [3.63, 3.8) is 0 Å². The lowest BCUT2D eigenvalue weighted by atomic mass is 10.2. The molecule has 1 aromatic rings. The van der Waals surface area contributed by atoms with Gasteiger partial charge in [0.05, 0.1) is 10.7 Å². The highest BCUT2D eigenvalue weighted by Gasteiger charge is 2.35. The largest absolute Gasteiger partial charge is 0.341 e. The fourth-order valence-corrected chi connectivity index (χ4v) is 4.08. The first-order valence-corrected chi connectivity index (χ1v) is 8.54. The summed E-state index contributed by atoms with van der Waals surface area (Å²) in [5, 5.41) is 10.6. The molecular weight excluding hydrogens is 318 g/mol. The summed E-state index contributed by atoms with van der Waals surface area (Å²) in [6, 6.07) is 6.27. The average Bonchev–Trinajstić information content (AvgIpc) is 3.18. The van der Waals surface area contributed by atoms with Crippen molar-refractivity contribution in [3.05, 3.63) is 39.9 Å². The molecule has 0 N–H and O–H groups in total. The van der Waals surface area contributed by atoms with E-state index in [1.807, 2.05) is 0 Å². The second kappa shape index (κ2) is 6.57. The van der Waals surface area contributed by atoms with Crippen LogP contribution in [0.3, 0.4) is 0 Å². The van der Waals surface area contributed by atoms with Gasteiger partial charge in [-0.25, -0.2) is 0 Å². The maximum absolute atomic E-state index is 12.3. The Morgan fingerprint density at radius 2 is 2.09 bits per heavy atom. The molecule has 2 fully saturated rings. The predicted octanol–water partition coefficient (Wildman–Crippen LogP) is 1.79. The van der Waals surface area contributed by atoms with E-state index in [1.54, 1.807) is 17.0 Å². The van der Waals surface area contributed by atoms with Crippen molar-refractivity contribution in [2.24, 2.45) is 0 Å². The second-order valence-electron chi connectivity index (χ2n) is 5.62. The van der Waals surface area contributed by atoms with Gasteiger partial charge >= 0.3 is 0 Å². The maximum atomic E-state index is 12.3. The Kier molecular flexibility index (Phi) is 4.51. The summed E-state index contributed by atoms with van der Waals surface area (Å²) in [6.45, 7) is 1.53. The van der Waals surface area contributed by atoms with Crippen molar-refractivity contribution in [1.29, 1.82) is 0 Å². The molecule has 122 valence electrons. The number of rotatable bonds is 4. The number of carbonyl (C=O) groups excluding carboxylic acids is 2. The molecule has 0 saturated carbocycles. The lowest BCUT2D eigenvalue weighted by Crippen LogP contribution is -2.40. The molecule has 23 heavy (non-hydrogen) atoms. The molecule has 1 atom stereocenters. The van der Waals surface area contributed by atoms with Crippen LogP contribution in [0.5, 0.6) is 0 Å². The number of non-ortho nitro benzene ring substituents is 1.